The van der Waals surface area contributed by atoms with Gasteiger partial charge in [0, 0.05) is 6.08 Å². The van der Waals surface area contributed by atoms with Crippen molar-refractivity contribution in [2.45, 2.75) is 6.18 Å². The van der Waals surface area contributed by atoms with Crippen molar-refractivity contribution in [3.8, 4) is 0 Å². The molecule has 1 aromatic rings. The molecule has 0 spiro atoms. The molecule has 22 heavy (non-hydrogen) atoms. The molecule has 0 radical (unpaired) electrons. The number of nitrogens with one attached hydrogen (secondary N) is 1. The molecule has 0 bridgehead atoms. The van der Waals surface area contributed by atoms with E-state index < -0.39 is 41.7 Å². The van der Waals surface area contributed by atoms with Gasteiger partial charge in [-0.15, -0.1) is 0 Å². The third-order valence-corrected chi connectivity index (χ3v) is 2.89. The first-order chi connectivity index (χ1) is 10.2. The number of nitrogens with zero attached hydrogens (tertiary/aromatic N) is 1. The number of anilines is 1. The summed E-state index contributed by atoms with van der Waals surface area (Å²) in [6, 6.07) is 1.91. The van der Waals surface area contributed by atoms with Crippen LogP contribution in [0.2, 0.25) is 0 Å². The fourth-order valence-electron chi connectivity index (χ4n) is 1.91. The first-order valence-corrected chi connectivity index (χ1v) is 6.06. The smallest absolute Gasteiger partial charge is 0.395 e. The number of hydrogen-bond acceptors (Lipinski definition) is 4. The van der Waals surface area contributed by atoms with Crippen LogP contribution in [0.3, 0.4) is 0 Å². The van der Waals surface area contributed by atoms with E-state index in [1.807, 2.05) is 0 Å². The fourth-order valence-corrected chi connectivity index (χ4v) is 1.91. The summed E-state index contributed by atoms with van der Waals surface area (Å²) in [5.74, 6) is -2.70. The maximum Gasteiger partial charge on any atom is 0.418 e. The van der Waals surface area contributed by atoms with Crippen LogP contribution in [-0.2, 0) is 15.8 Å². The van der Waals surface area contributed by atoms with Gasteiger partial charge in [-0.2, -0.15) is 13.2 Å². The molecule has 5 nitrogen and oxygen atoms in total. The Bertz CT molecular complexity index is 655. The number of β-amino-alcohol motifs (C(OH)–C–C–N with tert-alkyl or cyclic N) is 1. The number of alkyl halides is 3. The van der Waals surface area contributed by atoms with E-state index in [0.717, 1.165) is 18.2 Å². The Morgan fingerprint density at radius 1 is 1.23 bits per heavy atom. The van der Waals surface area contributed by atoms with Gasteiger partial charge in [0.1, 0.15) is 11.5 Å². The predicted molar refractivity (Wildman–Crippen MR) is 66.9 cm³/mol. The lowest BCUT2D eigenvalue weighted by molar-refractivity contribution is -0.139. The number of carbonyl (C=O) groups is 2. The zero-order valence-corrected chi connectivity index (χ0v) is 10.9. The SMILES string of the molecule is O=C1C=C(Nc2ccc(F)cc2C(F)(F)F)C(=O)N1CCO. The van der Waals surface area contributed by atoms with E-state index in [0.29, 0.717) is 4.90 Å². The molecule has 2 N–H and O–H groups in total. The van der Waals surface area contributed by atoms with Crippen LogP contribution in [-0.4, -0.2) is 35.0 Å². The van der Waals surface area contributed by atoms with Crippen molar-refractivity contribution in [2.24, 2.45) is 0 Å². The zero-order chi connectivity index (χ0) is 16.5. The summed E-state index contributed by atoms with van der Waals surface area (Å²) < 4.78 is 51.5. The fraction of sp³-hybridized carbons (Fsp3) is 0.231. The summed E-state index contributed by atoms with van der Waals surface area (Å²) in [6.45, 7) is -0.738. The standard InChI is InChI=1S/C13H10F4N2O3/c14-7-1-2-9(8(5-7)13(15,16)17)18-10-6-11(21)19(3-4-20)12(10)22/h1-2,5-6,18,20H,3-4H2. The summed E-state index contributed by atoms with van der Waals surface area (Å²) in [7, 11) is 0. The summed E-state index contributed by atoms with van der Waals surface area (Å²) in [4.78, 5) is 24.0. The van der Waals surface area contributed by atoms with Crippen molar-refractivity contribution < 1.29 is 32.3 Å². The van der Waals surface area contributed by atoms with Gasteiger partial charge in [-0.1, -0.05) is 0 Å². The minimum Gasteiger partial charge on any atom is -0.395 e. The molecule has 1 heterocycles. The van der Waals surface area contributed by atoms with Crippen molar-refractivity contribution in [3.05, 3.63) is 41.4 Å². The first kappa shape index (κ1) is 16.0. The van der Waals surface area contributed by atoms with Crippen LogP contribution in [0.5, 0.6) is 0 Å². The number of aliphatic hydroxyl groups excluding tert-OH is 1. The molecule has 0 saturated heterocycles. The molecule has 0 aromatic heterocycles. The Hall–Kier alpha value is -2.42. The van der Waals surface area contributed by atoms with E-state index in [9.17, 15) is 27.2 Å². The van der Waals surface area contributed by atoms with Gasteiger partial charge >= 0.3 is 6.18 Å². The van der Waals surface area contributed by atoms with E-state index in [2.05, 4.69) is 5.32 Å². The molecule has 0 atom stereocenters. The van der Waals surface area contributed by atoms with E-state index in [-0.39, 0.29) is 18.3 Å². The Labute approximate surface area is 121 Å². The Morgan fingerprint density at radius 2 is 1.91 bits per heavy atom. The Kier molecular flexibility index (Phi) is 4.18. The summed E-state index contributed by atoms with van der Waals surface area (Å²) in [5.41, 5.74) is -2.23. The van der Waals surface area contributed by atoms with Crippen molar-refractivity contribution in [1.82, 2.24) is 4.90 Å². The van der Waals surface area contributed by atoms with Crippen molar-refractivity contribution >= 4 is 17.5 Å². The van der Waals surface area contributed by atoms with Gasteiger partial charge in [-0.05, 0) is 18.2 Å². The average Bonchev–Trinajstić information content (AvgIpc) is 2.68. The van der Waals surface area contributed by atoms with Gasteiger partial charge < -0.3 is 10.4 Å². The van der Waals surface area contributed by atoms with Gasteiger partial charge in [-0.3, -0.25) is 14.5 Å². The van der Waals surface area contributed by atoms with Gasteiger partial charge in [0.25, 0.3) is 11.8 Å². The third-order valence-electron chi connectivity index (χ3n) is 2.89. The van der Waals surface area contributed by atoms with E-state index >= 15 is 0 Å². The third kappa shape index (κ3) is 3.08. The Balaban J connectivity index is 2.31. The predicted octanol–water partition coefficient (Wildman–Crippen LogP) is 1.50. The monoisotopic (exact) mass is 318 g/mol. The Morgan fingerprint density at radius 3 is 2.50 bits per heavy atom. The summed E-state index contributed by atoms with van der Waals surface area (Å²) >= 11 is 0. The van der Waals surface area contributed by atoms with E-state index in [4.69, 9.17) is 5.11 Å². The van der Waals surface area contributed by atoms with Crippen LogP contribution in [0.25, 0.3) is 0 Å². The molecule has 0 aliphatic carbocycles. The van der Waals surface area contributed by atoms with Crippen molar-refractivity contribution in [2.75, 3.05) is 18.5 Å². The number of rotatable bonds is 4. The molecule has 1 aromatic carbocycles. The molecular formula is C13H10F4N2O3. The highest BCUT2D eigenvalue weighted by atomic mass is 19.4. The number of aliphatic hydroxyl groups is 1. The molecule has 2 amide bonds. The number of carbonyl (C=O) groups excluding carboxylic acids is 2. The number of hydrogen-bond donors (Lipinski definition) is 2. The summed E-state index contributed by atoms with van der Waals surface area (Å²) in [5, 5.41) is 10.9. The second kappa shape index (κ2) is 5.76. The van der Waals surface area contributed by atoms with E-state index in [1.54, 1.807) is 0 Å². The minimum absolute atomic E-state index is 0.269. The largest absolute Gasteiger partial charge is 0.418 e. The van der Waals surface area contributed by atoms with Crippen LogP contribution >= 0.6 is 0 Å². The lowest BCUT2D eigenvalue weighted by Crippen LogP contribution is -2.34. The number of halogens is 4. The van der Waals surface area contributed by atoms with Crippen LogP contribution in [0.4, 0.5) is 23.2 Å². The average molecular weight is 318 g/mol. The van der Waals surface area contributed by atoms with Gasteiger partial charge in [0.15, 0.2) is 0 Å². The molecule has 0 unspecified atom stereocenters. The second-order valence-corrected chi connectivity index (χ2v) is 4.39. The van der Waals surface area contributed by atoms with Crippen molar-refractivity contribution in [3.63, 3.8) is 0 Å². The lowest BCUT2D eigenvalue weighted by atomic mass is 10.1. The van der Waals surface area contributed by atoms with Crippen LogP contribution in [0.15, 0.2) is 30.0 Å². The van der Waals surface area contributed by atoms with Gasteiger partial charge in [0.2, 0.25) is 0 Å². The zero-order valence-electron chi connectivity index (χ0n) is 10.9. The topological polar surface area (TPSA) is 69.6 Å². The number of benzene rings is 1. The quantitative estimate of drug-likeness (QED) is 0.652. The maximum atomic E-state index is 13.0. The summed E-state index contributed by atoms with van der Waals surface area (Å²) in [6.07, 6.45) is -4.01. The number of amides is 2. The highest BCUT2D eigenvalue weighted by molar-refractivity contribution is 6.17. The van der Waals surface area contributed by atoms with Crippen LogP contribution in [0, 0.1) is 5.82 Å². The highest BCUT2D eigenvalue weighted by Crippen LogP contribution is 2.36. The highest BCUT2D eigenvalue weighted by Gasteiger charge is 2.36. The normalized spacial score (nSPS) is 15.3. The molecule has 1 aliphatic heterocycles. The molecule has 0 fully saturated rings. The number of imide groups is 1. The molecule has 118 valence electrons. The van der Waals surface area contributed by atoms with E-state index in [1.165, 1.54) is 0 Å². The van der Waals surface area contributed by atoms with Gasteiger partial charge in [0.05, 0.1) is 24.4 Å². The molecule has 1 aliphatic rings. The second-order valence-electron chi connectivity index (χ2n) is 4.39. The van der Waals surface area contributed by atoms with Crippen LogP contribution in [0.1, 0.15) is 5.56 Å². The molecule has 9 heteroatoms. The first-order valence-electron chi connectivity index (χ1n) is 6.06. The lowest BCUT2D eigenvalue weighted by Gasteiger charge is -2.16. The van der Waals surface area contributed by atoms with Gasteiger partial charge in [-0.25, -0.2) is 4.39 Å². The molecule has 0 saturated carbocycles. The van der Waals surface area contributed by atoms with Crippen LogP contribution < -0.4 is 5.32 Å². The molecule has 2 rings (SSSR count). The maximum absolute atomic E-state index is 13.0. The van der Waals surface area contributed by atoms with Crippen molar-refractivity contribution in [1.29, 1.82) is 0 Å². The molecular weight excluding hydrogens is 308 g/mol. The minimum atomic E-state index is -4.83.